The molecule has 0 aliphatic heterocycles. The Balaban J connectivity index is 2.36. The number of ether oxygens (including phenoxy) is 1. The smallest absolute Gasteiger partial charge is 0.394 e. The van der Waals surface area contributed by atoms with Crippen LogP contribution in [-0.4, -0.2) is 16.8 Å². The first-order valence-corrected chi connectivity index (χ1v) is 8.18. The summed E-state index contributed by atoms with van der Waals surface area (Å²) in [6.07, 6.45) is 0. The zero-order valence-corrected chi connectivity index (χ0v) is 15.5. The van der Waals surface area contributed by atoms with Crippen LogP contribution in [0.4, 0.5) is 5.82 Å². The standard InChI is InChI=1S/C18H17BrN3O2/c1-10-15(19)17(13-6-8-14(23-5)9-7-13)22(18(10)20-4)16-11(2)21-24-12(16)3/h4,6-9H,1-3,5H3/q+1. The van der Waals surface area contributed by atoms with Gasteiger partial charge in [0.15, 0.2) is 17.1 Å². The lowest BCUT2D eigenvalue weighted by Gasteiger charge is -2.05. The minimum absolute atomic E-state index is 0.655. The van der Waals surface area contributed by atoms with E-state index in [1.165, 1.54) is 0 Å². The largest absolute Gasteiger partial charge is 0.497 e. The van der Waals surface area contributed by atoms with Crippen molar-refractivity contribution in [1.82, 2.24) is 9.72 Å². The van der Waals surface area contributed by atoms with E-state index < -0.39 is 0 Å². The molecule has 3 rings (SSSR count). The fraction of sp³-hybridized carbons (Fsp3) is 0.222. The van der Waals surface area contributed by atoms with Crippen molar-refractivity contribution in [3.63, 3.8) is 0 Å². The topological polar surface area (TPSA) is 44.5 Å². The number of aryl methyl sites for hydroxylation is 2. The van der Waals surface area contributed by atoms with Crippen LogP contribution in [0, 0.1) is 27.3 Å². The second-order valence-corrected chi connectivity index (χ2v) is 6.27. The van der Waals surface area contributed by atoms with Crippen molar-refractivity contribution < 1.29 is 9.26 Å². The molecule has 3 aromatic rings. The Morgan fingerprint density at radius 2 is 1.88 bits per heavy atom. The van der Waals surface area contributed by atoms with E-state index in [-0.39, 0.29) is 0 Å². The van der Waals surface area contributed by atoms with Gasteiger partial charge in [0.2, 0.25) is 0 Å². The Morgan fingerprint density at radius 1 is 1.21 bits per heavy atom. The molecule has 2 aromatic heterocycles. The molecule has 0 bridgehead atoms. The molecule has 0 unspecified atom stereocenters. The summed E-state index contributed by atoms with van der Waals surface area (Å²) in [6, 6.07) is 7.82. The molecule has 0 N–H and O–H groups in total. The second-order valence-electron chi connectivity index (χ2n) is 5.48. The molecule has 5 nitrogen and oxygen atoms in total. The lowest BCUT2D eigenvalue weighted by molar-refractivity contribution is 0.393. The monoisotopic (exact) mass is 386 g/mol. The summed E-state index contributed by atoms with van der Waals surface area (Å²) >= 11 is 3.68. The lowest BCUT2D eigenvalue weighted by Crippen LogP contribution is -1.99. The summed E-state index contributed by atoms with van der Waals surface area (Å²) in [4.78, 5) is 3.99. The molecular formula is C18H17BrN3O2+. The highest BCUT2D eigenvalue weighted by atomic mass is 79.9. The molecule has 0 saturated carbocycles. The van der Waals surface area contributed by atoms with Gasteiger partial charge in [0.05, 0.1) is 17.1 Å². The van der Waals surface area contributed by atoms with Gasteiger partial charge in [-0.1, -0.05) is 5.16 Å². The predicted octanol–water partition coefficient (Wildman–Crippen LogP) is 5.42. The summed E-state index contributed by atoms with van der Waals surface area (Å²) in [5.74, 6) is 2.16. The Morgan fingerprint density at radius 3 is 2.38 bits per heavy atom. The number of halogens is 1. The first-order chi connectivity index (χ1) is 11.5. The lowest BCUT2D eigenvalue weighted by atomic mass is 10.1. The van der Waals surface area contributed by atoms with Gasteiger partial charge in [-0.15, -0.1) is 0 Å². The SMILES string of the molecule is C#[N+]c1c(C)c(Br)c(-c2ccc(OC)cc2)n1-c1c(C)noc1C. The van der Waals surface area contributed by atoms with Gasteiger partial charge >= 0.3 is 5.82 Å². The molecule has 0 radical (unpaired) electrons. The molecule has 0 fully saturated rings. The molecule has 0 aliphatic rings. The molecule has 2 heterocycles. The van der Waals surface area contributed by atoms with Crippen LogP contribution < -0.4 is 4.74 Å². The molecular weight excluding hydrogens is 370 g/mol. The van der Waals surface area contributed by atoms with E-state index in [0.29, 0.717) is 11.6 Å². The fourth-order valence-electron chi connectivity index (χ4n) is 2.82. The maximum atomic E-state index is 5.68. The number of nitrogens with zero attached hydrogens (tertiary/aromatic N) is 3. The minimum Gasteiger partial charge on any atom is -0.497 e. The van der Waals surface area contributed by atoms with Crippen molar-refractivity contribution in [2.45, 2.75) is 20.8 Å². The van der Waals surface area contributed by atoms with Crippen molar-refractivity contribution in [3.05, 3.63) is 50.6 Å². The number of methoxy groups -OCH3 is 1. The quantitative estimate of drug-likeness (QED) is 0.603. The highest BCUT2D eigenvalue weighted by molar-refractivity contribution is 9.10. The van der Waals surface area contributed by atoms with Gasteiger partial charge in [-0.25, -0.2) is 0 Å². The summed E-state index contributed by atoms with van der Waals surface area (Å²) < 4.78 is 13.5. The molecule has 122 valence electrons. The number of hydrogen-bond acceptors (Lipinski definition) is 3. The molecule has 24 heavy (non-hydrogen) atoms. The van der Waals surface area contributed by atoms with E-state index in [1.807, 2.05) is 49.6 Å². The Hall–Kier alpha value is -2.52. The number of benzene rings is 1. The van der Waals surface area contributed by atoms with Crippen LogP contribution in [0.1, 0.15) is 17.0 Å². The second kappa shape index (κ2) is 6.17. The molecule has 0 saturated heterocycles. The predicted molar refractivity (Wildman–Crippen MR) is 97.7 cm³/mol. The highest BCUT2D eigenvalue weighted by Crippen LogP contribution is 2.43. The van der Waals surface area contributed by atoms with Gasteiger partial charge in [0, 0.05) is 12.5 Å². The fourth-order valence-corrected chi connectivity index (χ4v) is 3.41. The van der Waals surface area contributed by atoms with E-state index in [4.69, 9.17) is 15.8 Å². The van der Waals surface area contributed by atoms with E-state index in [2.05, 4.69) is 25.9 Å². The van der Waals surface area contributed by atoms with Crippen LogP contribution in [0.3, 0.4) is 0 Å². The van der Waals surface area contributed by atoms with E-state index in [0.717, 1.165) is 38.4 Å². The van der Waals surface area contributed by atoms with Crippen molar-refractivity contribution >= 4 is 21.7 Å². The third-order valence-corrected chi connectivity index (χ3v) is 4.98. The van der Waals surface area contributed by atoms with Crippen LogP contribution in [0.5, 0.6) is 5.75 Å². The minimum atomic E-state index is 0.655. The molecule has 6 heteroatoms. The third-order valence-electron chi connectivity index (χ3n) is 4.01. The van der Waals surface area contributed by atoms with Gasteiger partial charge in [-0.3, -0.25) is 0 Å². The number of hydrogen-bond donors (Lipinski definition) is 0. The summed E-state index contributed by atoms with van der Waals surface area (Å²) in [5, 5.41) is 4.06. The molecule has 1 aromatic carbocycles. The maximum absolute atomic E-state index is 5.68. The van der Waals surface area contributed by atoms with E-state index in [9.17, 15) is 0 Å². The van der Waals surface area contributed by atoms with Gasteiger partial charge in [0.25, 0.3) is 0 Å². The zero-order valence-electron chi connectivity index (χ0n) is 13.9. The van der Waals surface area contributed by atoms with Crippen LogP contribution in [0.15, 0.2) is 33.3 Å². The van der Waals surface area contributed by atoms with Crippen LogP contribution in [0.2, 0.25) is 0 Å². The normalized spacial score (nSPS) is 10.7. The average Bonchev–Trinajstić information content (AvgIpc) is 3.04. The van der Waals surface area contributed by atoms with Crippen molar-refractivity contribution in [2.75, 3.05) is 7.11 Å². The Labute approximate surface area is 148 Å². The maximum Gasteiger partial charge on any atom is 0.394 e. The summed E-state index contributed by atoms with van der Waals surface area (Å²) in [5.41, 5.74) is 4.51. The molecule has 0 atom stereocenters. The first-order valence-electron chi connectivity index (χ1n) is 7.39. The van der Waals surface area contributed by atoms with Crippen molar-refractivity contribution in [3.8, 4) is 29.3 Å². The van der Waals surface area contributed by atoms with Crippen molar-refractivity contribution in [1.29, 1.82) is 0 Å². The van der Waals surface area contributed by atoms with Gasteiger partial charge in [-0.05, 0) is 54.0 Å². The first kappa shape index (κ1) is 16.3. The van der Waals surface area contributed by atoms with Gasteiger partial charge in [0.1, 0.15) is 18.0 Å². The van der Waals surface area contributed by atoms with Crippen LogP contribution in [0.25, 0.3) is 21.8 Å². The molecule has 0 spiro atoms. The Bertz CT molecular complexity index is 927. The summed E-state index contributed by atoms with van der Waals surface area (Å²) in [7, 11) is 1.65. The average molecular weight is 387 g/mol. The number of aromatic nitrogens is 2. The van der Waals surface area contributed by atoms with Crippen LogP contribution in [-0.2, 0) is 0 Å². The van der Waals surface area contributed by atoms with E-state index >= 15 is 0 Å². The number of rotatable bonds is 3. The zero-order chi connectivity index (χ0) is 17.4. The summed E-state index contributed by atoms with van der Waals surface area (Å²) in [6.45, 7) is 11.4. The third kappa shape index (κ3) is 2.42. The Kier molecular flexibility index (Phi) is 4.20. The molecule has 0 amide bonds. The van der Waals surface area contributed by atoms with Crippen LogP contribution >= 0.6 is 15.9 Å². The van der Waals surface area contributed by atoms with Crippen molar-refractivity contribution in [2.24, 2.45) is 0 Å². The van der Waals surface area contributed by atoms with Gasteiger partial charge < -0.3 is 9.26 Å². The van der Waals surface area contributed by atoms with Gasteiger partial charge in [-0.2, -0.15) is 9.41 Å². The highest BCUT2D eigenvalue weighted by Gasteiger charge is 2.33. The molecule has 0 aliphatic carbocycles. The van der Waals surface area contributed by atoms with E-state index in [1.54, 1.807) is 7.11 Å².